The first kappa shape index (κ1) is 66.0. The highest BCUT2D eigenvalue weighted by molar-refractivity contribution is 5.03. The van der Waals surface area contributed by atoms with Crippen LogP contribution in [0.15, 0.2) is 0 Å². The minimum atomic E-state index is 0. The minimum Gasteiger partial charge on any atom is -0.320 e. The molecule has 0 aromatic heterocycles. The molecule has 0 saturated heterocycles. The van der Waals surface area contributed by atoms with Crippen molar-refractivity contribution in [3.05, 3.63) is 0 Å². The summed E-state index contributed by atoms with van der Waals surface area (Å²) in [6, 6.07) is 0. The molecule has 0 rings (SSSR count). The van der Waals surface area contributed by atoms with Gasteiger partial charge in [0.1, 0.15) is 0 Å². The van der Waals surface area contributed by atoms with Gasteiger partial charge in [-0.15, -0.1) is 0 Å². The molecule has 0 radical (unpaired) electrons. The fourth-order valence-electron chi connectivity index (χ4n) is 4.32. The van der Waals surface area contributed by atoms with Crippen molar-refractivity contribution in [3.8, 4) is 35.5 Å². The molecule has 12 N–H and O–H groups in total. The zero-order valence-corrected chi connectivity index (χ0v) is 35.5. The Morgan fingerprint density at radius 3 is 0.679 bits per heavy atom. The van der Waals surface area contributed by atoms with Crippen LogP contribution in [0.3, 0.4) is 0 Å². The van der Waals surface area contributed by atoms with Gasteiger partial charge in [-0.05, 0) is 171 Å². The Balaban J connectivity index is -0.000000164. The topological polar surface area (TPSA) is 144 Å². The molecule has 336 valence electrons. The monoisotopic (exact) mass is 797 g/mol. The van der Waals surface area contributed by atoms with E-state index in [-0.39, 0.29) is 22.3 Å². The first-order chi connectivity index (χ1) is 26.2. The van der Waals surface area contributed by atoms with Gasteiger partial charge in [0.05, 0.1) is 39.3 Å². The molecular formula is C44H100N12. The quantitative estimate of drug-likeness (QED) is 0.0337. The van der Waals surface area contributed by atoms with E-state index >= 15 is 0 Å². The fraction of sp³-hybridized carbons (Fsp3) is 0.864. The lowest BCUT2D eigenvalue weighted by Gasteiger charge is -2.02. The van der Waals surface area contributed by atoms with Crippen LogP contribution in [0.25, 0.3) is 0 Å². The second-order valence-corrected chi connectivity index (χ2v) is 12.3. The molecule has 12 heteroatoms. The van der Waals surface area contributed by atoms with Gasteiger partial charge in [0.25, 0.3) is 0 Å². The number of hydrogen-bond donors (Lipinski definition) is 12. The highest BCUT2D eigenvalue weighted by atomic mass is 14.9. The molecule has 0 atom stereocenters. The van der Waals surface area contributed by atoms with Gasteiger partial charge in [0.15, 0.2) is 0 Å². The van der Waals surface area contributed by atoms with E-state index in [1.807, 2.05) is 21.1 Å². The number of unbranched alkanes of at least 4 members (excludes halogenated alkanes) is 2. The lowest BCUT2D eigenvalue weighted by molar-refractivity contribution is 0.610. The molecule has 0 amide bonds. The van der Waals surface area contributed by atoms with E-state index in [1.165, 1.54) is 25.7 Å². The van der Waals surface area contributed by atoms with Crippen LogP contribution in [-0.4, -0.2) is 159 Å². The van der Waals surface area contributed by atoms with Crippen molar-refractivity contribution in [1.29, 1.82) is 0 Å². The van der Waals surface area contributed by atoms with Crippen molar-refractivity contribution in [2.24, 2.45) is 0 Å². The molecule has 12 nitrogen and oxygen atoms in total. The van der Waals surface area contributed by atoms with E-state index in [2.05, 4.69) is 120 Å². The molecule has 0 aliphatic carbocycles. The molecule has 0 saturated carbocycles. The fourth-order valence-corrected chi connectivity index (χ4v) is 4.32. The zero-order chi connectivity index (χ0) is 39.2. The van der Waals surface area contributed by atoms with Crippen molar-refractivity contribution in [2.75, 3.05) is 159 Å². The van der Waals surface area contributed by atoms with Gasteiger partial charge in [0.2, 0.25) is 0 Å². The predicted octanol–water partition coefficient (Wildman–Crippen LogP) is 2.02. The highest BCUT2D eigenvalue weighted by Gasteiger charge is 1.89. The summed E-state index contributed by atoms with van der Waals surface area (Å²) in [6.07, 6.45) is 9.54. The average Bonchev–Trinajstić information content (AvgIpc) is 3.17. The van der Waals surface area contributed by atoms with Crippen LogP contribution in [0.1, 0.15) is 94.4 Å². The largest absolute Gasteiger partial charge is 0.320 e. The maximum atomic E-state index is 3.34. The molecule has 0 aromatic carbocycles. The summed E-state index contributed by atoms with van der Waals surface area (Å²) >= 11 is 0. The summed E-state index contributed by atoms with van der Waals surface area (Å²) in [5.41, 5.74) is 0. The van der Waals surface area contributed by atoms with Gasteiger partial charge < -0.3 is 63.8 Å². The summed E-state index contributed by atoms with van der Waals surface area (Å²) in [6.45, 7) is 27.2. The van der Waals surface area contributed by atoms with Crippen LogP contribution < -0.4 is 63.8 Å². The summed E-state index contributed by atoms with van der Waals surface area (Å²) in [7, 11) is 5.94. The van der Waals surface area contributed by atoms with E-state index in [1.54, 1.807) is 0 Å². The molecule has 0 spiro atoms. The third kappa shape index (κ3) is 76.8. The summed E-state index contributed by atoms with van der Waals surface area (Å²) < 4.78 is 0. The number of nitrogens with one attached hydrogen (secondary N) is 12. The van der Waals surface area contributed by atoms with Crippen molar-refractivity contribution >= 4 is 0 Å². The SMILES string of the molecule is C.C.C.CCNCCCCNCC#CCNCCCCNC.CCNCCCNCC#CCNCCCNCC.CNCCCNCC#CCNCCCNC. The van der Waals surface area contributed by atoms with Gasteiger partial charge >= 0.3 is 0 Å². The molecule has 0 heterocycles. The predicted molar refractivity (Wildman–Crippen MR) is 255 cm³/mol. The molecule has 0 fully saturated rings. The van der Waals surface area contributed by atoms with E-state index in [4.69, 9.17) is 0 Å². The zero-order valence-electron chi connectivity index (χ0n) is 35.5. The van der Waals surface area contributed by atoms with E-state index in [0.29, 0.717) is 0 Å². The maximum absolute atomic E-state index is 3.34. The minimum absolute atomic E-state index is 0. The van der Waals surface area contributed by atoms with Crippen LogP contribution in [0.2, 0.25) is 0 Å². The van der Waals surface area contributed by atoms with Gasteiger partial charge in [0, 0.05) is 0 Å². The van der Waals surface area contributed by atoms with Crippen molar-refractivity contribution in [2.45, 2.75) is 94.4 Å². The molecule has 0 aromatic rings. The summed E-state index contributed by atoms with van der Waals surface area (Å²) in [5, 5.41) is 39.1. The average molecular weight is 797 g/mol. The Labute approximate surface area is 351 Å². The standard InChI is InChI=1S/C15H32N4.C14H30N4.C12H26N4.3CH4/c1-3-17-11-6-7-13-19-15-9-8-14-18-12-5-4-10-16-2;1-3-15-11-7-13-17-9-5-6-10-18-14-8-12-16-4-2;1-13-7-5-11-15-9-3-4-10-16-12-6-8-14-2;;;/h16-19H,3-7,10-15H2,1-2H3;15-18H,3-4,7-14H2,1-2H3;13-16H,5-12H2,1-2H3;3*1H4. The van der Waals surface area contributed by atoms with Gasteiger partial charge in [-0.25, -0.2) is 0 Å². The van der Waals surface area contributed by atoms with Crippen molar-refractivity contribution in [3.63, 3.8) is 0 Å². The third-order valence-corrected chi connectivity index (χ3v) is 7.37. The maximum Gasteiger partial charge on any atom is 0.0577 e. The number of hydrogen-bond acceptors (Lipinski definition) is 12. The number of rotatable bonds is 35. The van der Waals surface area contributed by atoms with Crippen molar-refractivity contribution in [1.82, 2.24) is 63.8 Å². The molecule has 0 bridgehead atoms. The Morgan fingerprint density at radius 2 is 0.429 bits per heavy atom. The highest BCUT2D eigenvalue weighted by Crippen LogP contribution is 1.84. The third-order valence-electron chi connectivity index (χ3n) is 7.37. The normalized spacial score (nSPS) is 9.54. The Morgan fingerprint density at radius 1 is 0.250 bits per heavy atom. The lowest BCUT2D eigenvalue weighted by atomic mass is 10.3. The second-order valence-electron chi connectivity index (χ2n) is 12.3. The Kier molecular flexibility index (Phi) is 83.7. The van der Waals surface area contributed by atoms with Gasteiger partial charge in [-0.2, -0.15) is 0 Å². The first-order valence-electron chi connectivity index (χ1n) is 20.9. The molecule has 56 heavy (non-hydrogen) atoms. The van der Waals surface area contributed by atoms with E-state index < -0.39 is 0 Å². The summed E-state index contributed by atoms with van der Waals surface area (Å²) in [4.78, 5) is 0. The molecule has 0 unspecified atom stereocenters. The molecule has 0 aliphatic heterocycles. The van der Waals surface area contributed by atoms with E-state index in [0.717, 1.165) is 163 Å². The van der Waals surface area contributed by atoms with Crippen molar-refractivity contribution < 1.29 is 0 Å². The lowest BCUT2D eigenvalue weighted by Crippen LogP contribution is -2.23. The van der Waals surface area contributed by atoms with Crippen LogP contribution in [0.4, 0.5) is 0 Å². The smallest absolute Gasteiger partial charge is 0.0577 e. The molecule has 0 aliphatic rings. The Bertz CT molecular complexity index is 789. The summed E-state index contributed by atoms with van der Waals surface area (Å²) in [5.74, 6) is 18.7. The first-order valence-corrected chi connectivity index (χ1v) is 20.9. The van der Waals surface area contributed by atoms with Gasteiger partial charge in [-0.1, -0.05) is 78.6 Å². The van der Waals surface area contributed by atoms with E-state index in [9.17, 15) is 0 Å². The second kappa shape index (κ2) is 71.0. The Hall–Kier alpha value is -1.80. The van der Waals surface area contributed by atoms with Crippen LogP contribution in [0.5, 0.6) is 0 Å². The van der Waals surface area contributed by atoms with Crippen LogP contribution in [-0.2, 0) is 0 Å². The molecular weight excluding hydrogens is 697 g/mol. The van der Waals surface area contributed by atoms with Crippen LogP contribution in [0, 0.1) is 35.5 Å². The van der Waals surface area contributed by atoms with Gasteiger partial charge in [-0.3, -0.25) is 0 Å². The van der Waals surface area contributed by atoms with Crippen LogP contribution >= 0.6 is 0 Å².